The molecule has 0 aliphatic heterocycles. The van der Waals surface area contributed by atoms with Crippen molar-refractivity contribution in [1.29, 1.82) is 0 Å². The fraction of sp³-hybridized carbons (Fsp3) is 0. The van der Waals surface area contributed by atoms with E-state index in [4.69, 9.17) is 0 Å². The van der Waals surface area contributed by atoms with Gasteiger partial charge in [-0.25, -0.2) is 0 Å². The molecule has 11 aromatic rings. The van der Waals surface area contributed by atoms with Crippen molar-refractivity contribution in [2.24, 2.45) is 0 Å². The van der Waals surface area contributed by atoms with Gasteiger partial charge in [0.15, 0.2) is 0 Å². The van der Waals surface area contributed by atoms with Gasteiger partial charge in [0.2, 0.25) is 0 Å². The van der Waals surface area contributed by atoms with Crippen LogP contribution in [0.2, 0.25) is 0 Å². The van der Waals surface area contributed by atoms with Crippen LogP contribution in [-0.2, 0) is 0 Å². The van der Waals surface area contributed by atoms with Crippen LogP contribution in [0.4, 0.5) is 0 Å². The van der Waals surface area contributed by atoms with E-state index in [1.807, 2.05) is 0 Å². The maximum Gasteiger partial charge on any atom is -0.00259 e. The molecule has 0 nitrogen and oxygen atoms in total. The van der Waals surface area contributed by atoms with E-state index in [9.17, 15) is 0 Å². The van der Waals surface area contributed by atoms with Crippen LogP contribution in [0.1, 0.15) is 0 Å². The molecule has 11 rings (SSSR count). The summed E-state index contributed by atoms with van der Waals surface area (Å²) in [6.45, 7) is 0. The monoisotopic (exact) mass is 656 g/mol. The zero-order valence-electron chi connectivity index (χ0n) is 28.5. The third-order valence-corrected chi connectivity index (χ3v) is 11.2. The third-order valence-electron chi connectivity index (χ3n) is 11.2. The fourth-order valence-corrected chi connectivity index (χ4v) is 8.76. The molecule has 52 heavy (non-hydrogen) atoms. The lowest BCUT2D eigenvalue weighted by atomic mass is 9.83. The van der Waals surface area contributed by atoms with E-state index >= 15 is 0 Å². The van der Waals surface area contributed by atoms with Crippen LogP contribution in [0.25, 0.3) is 109 Å². The summed E-state index contributed by atoms with van der Waals surface area (Å²) in [4.78, 5) is 0. The van der Waals surface area contributed by atoms with Crippen molar-refractivity contribution in [3.63, 3.8) is 0 Å². The number of rotatable bonds is 3. The summed E-state index contributed by atoms with van der Waals surface area (Å²) in [5.41, 5.74) is 7.47. The Kier molecular flexibility index (Phi) is 6.35. The van der Waals surface area contributed by atoms with Crippen molar-refractivity contribution in [3.8, 4) is 33.4 Å². The molecule has 0 bridgehead atoms. The first-order valence-corrected chi connectivity index (χ1v) is 18.1. The summed E-state index contributed by atoms with van der Waals surface area (Å²) in [6, 6.07) is 72.0. The standard InChI is InChI=1S/C52H32/c1-3-13-35-29-37(23-21-33(35)11-1)38-25-28-48-50(31-38)52(39-24-22-34-12-2-4-14-36(34)30-39)47-20-10-9-19-46(47)51(48)40-26-27-45-43-17-6-5-15-41(43)42-16-7-8-18-44(42)49(45)32-40/h1-32H. The van der Waals surface area contributed by atoms with Crippen molar-refractivity contribution >= 4 is 75.4 Å². The molecule has 0 N–H and O–H groups in total. The maximum atomic E-state index is 2.44. The van der Waals surface area contributed by atoms with Gasteiger partial charge in [-0.1, -0.05) is 170 Å². The summed E-state index contributed by atoms with van der Waals surface area (Å²) < 4.78 is 0. The minimum Gasteiger partial charge on any atom is -0.0616 e. The molecular formula is C52H32. The first kappa shape index (κ1) is 29.0. The SMILES string of the molecule is c1ccc2cc(-c3ccc4c(-c5ccc6c7ccccc7c7ccccc7c6c5)c5ccccc5c(-c5ccc6ccccc6c5)c4c3)ccc2c1. The van der Waals surface area contributed by atoms with E-state index in [-0.39, 0.29) is 0 Å². The van der Waals surface area contributed by atoms with Crippen LogP contribution >= 0.6 is 0 Å². The predicted octanol–water partition coefficient (Wildman–Crippen LogP) is 14.8. The number of fused-ring (bicyclic) bond motifs is 10. The molecule has 11 aromatic carbocycles. The minimum atomic E-state index is 1.22. The molecule has 0 aromatic heterocycles. The van der Waals surface area contributed by atoms with E-state index in [1.165, 1.54) is 109 Å². The van der Waals surface area contributed by atoms with Gasteiger partial charge in [-0.15, -0.1) is 0 Å². The highest BCUT2D eigenvalue weighted by Gasteiger charge is 2.19. The zero-order chi connectivity index (χ0) is 34.2. The highest BCUT2D eigenvalue weighted by atomic mass is 14.2. The second-order valence-electron chi connectivity index (χ2n) is 14.0. The summed E-state index contributed by atoms with van der Waals surface area (Å²) in [7, 11) is 0. The molecule has 0 atom stereocenters. The number of hydrogen-bond donors (Lipinski definition) is 0. The lowest BCUT2D eigenvalue weighted by Gasteiger charge is -2.20. The van der Waals surface area contributed by atoms with Crippen LogP contribution in [0, 0.1) is 0 Å². The Labute approximate surface area is 301 Å². The van der Waals surface area contributed by atoms with Crippen molar-refractivity contribution in [2.45, 2.75) is 0 Å². The van der Waals surface area contributed by atoms with Gasteiger partial charge in [0.1, 0.15) is 0 Å². The molecule has 0 heterocycles. The average Bonchev–Trinajstić information content (AvgIpc) is 3.22. The number of hydrogen-bond acceptors (Lipinski definition) is 0. The molecule has 0 heteroatoms. The Bertz CT molecular complexity index is 3200. The van der Waals surface area contributed by atoms with Crippen LogP contribution in [0.15, 0.2) is 194 Å². The Morgan fingerprint density at radius 2 is 0.500 bits per heavy atom. The lowest BCUT2D eigenvalue weighted by molar-refractivity contribution is 1.66. The zero-order valence-corrected chi connectivity index (χ0v) is 28.5. The quantitative estimate of drug-likeness (QED) is 0.131. The van der Waals surface area contributed by atoms with Gasteiger partial charge < -0.3 is 0 Å². The second kappa shape index (κ2) is 11.4. The summed E-state index contributed by atoms with van der Waals surface area (Å²) >= 11 is 0. The first-order valence-electron chi connectivity index (χ1n) is 18.1. The van der Waals surface area contributed by atoms with E-state index < -0.39 is 0 Å². The summed E-state index contributed by atoms with van der Waals surface area (Å²) in [5.74, 6) is 0. The van der Waals surface area contributed by atoms with Crippen LogP contribution in [0.3, 0.4) is 0 Å². The first-order chi connectivity index (χ1) is 25.8. The van der Waals surface area contributed by atoms with E-state index in [1.54, 1.807) is 0 Å². The van der Waals surface area contributed by atoms with Gasteiger partial charge in [0, 0.05) is 0 Å². The van der Waals surface area contributed by atoms with Crippen molar-refractivity contribution in [2.75, 3.05) is 0 Å². The minimum absolute atomic E-state index is 1.22. The summed E-state index contributed by atoms with van der Waals surface area (Å²) in [6.07, 6.45) is 0. The van der Waals surface area contributed by atoms with E-state index in [0.29, 0.717) is 0 Å². The molecule has 0 aliphatic rings. The molecule has 0 saturated heterocycles. The molecule has 0 fully saturated rings. The molecule has 240 valence electrons. The van der Waals surface area contributed by atoms with Gasteiger partial charge in [-0.2, -0.15) is 0 Å². The topological polar surface area (TPSA) is 0 Å². The van der Waals surface area contributed by atoms with Crippen molar-refractivity contribution in [3.05, 3.63) is 194 Å². The Balaban J connectivity index is 1.25. The van der Waals surface area contributed by atoms with Gasteiger partial charge >= 0.3 is 0 Å². The predicted molar refractivity (Wildman–Crippen MR) is 225 cm³/mol. The number of benzene rings is 11. The molecule has 0 amide bonds. The van der Waals surface area contributed by atoms with Gasteiger partial charge in [-0.05, 0) is 133 Å². The lowest BCUT2D eigenvalue weighted by Crippen LogP contribution is -1.92. The van der Waals surface area contributed by atoms with Crippen LogP contribution in [0.5, 0.6) is 0 Å². The molecule has 0 spiro atoms. The van der Waals surface area contributed by atoms with Crippen LogP contribution < -0.4 is 0 Å². The highest BCUT2D eigenvalue weighted by Crippen LogP contribution is 2.47. The molecule has 0 aliphatic carbocycles. The third kappa shape index (κ3) is 4.41. The summed E-state index contributed by atoms with van der Waals surface area (Å²) in [5, 5.41) is 17.8. The van der Waals surface area contributed by atoms with E-state index in [2.05, 4.69) is 194 Å². The van der Waals surface area contributed by atoms with Crippen molar-refractivity contribution in [1.82, 2.24) is 0 Å². The Morgan fingerprint density at radius 1 is 0.173 bits per heavy atom. The maximum absolute atomic E-state index is 2.44. The second-order valence-corrected chi connectivity index (χ2v) is 14.0. The normalized spacial score (nSPS) is 11.8. The molecular weight excluding hydrogens is 625 g/mol. The van der Waals surface area contributed by atoms with Gasteiger partial charge in [-0.3, -0.25) is 0 Å². The highest BCUT2D eigenvalue weighted by molar-refractivity contribution is 6.27. The molecule has 0 saturated carbocycles. The Hall–Kier alpha value is -6.76. The Morgan fingerprint density at radius 3 is 1.12 bits per heavy atom. The van der Waals surface area contributed by atoms with Gasteiger partial charge in [0.05, 0.1) is 0 Å². The average molecular weight is 657 g/mol. The smallest absolute Gasteiger partial charge is 0.00259 e. The van der Waals surface area contributed by atoms with E-state index in [0.717, 1.165) is 0 Å². The largest absolute Gasteiger partial charge is 0.0616 e. The van der Waals surface area contributed by atoms with Crippen LogP contribution in [-0.4, -0.2) is 0 Å². The molecule has 0 unspecified atom stereocenters. The van der Waals surface area contributed by atoms with Crippen molar-refractivity contribution < 1.29 is 0 Å². The molecule has 0 radical (unpaired) electrons. The van der Waals surface area contributed by atoms with Gasteiger partial charge in [0.25, 0.3) is 0 Å². The fourth-order valence-electron chi connectivity index (χ4n) is 8.76.